The molecule has 2 aromatic carbocycles. The van der Waals surface area contributed by atoms with E-state index in [9.17, 15) is 9.59 Å². The van der Waals surface area contributed by atoms with E-state index in [0.29, 0.717) is 13.1 Å². The largest absolute Gasteiger partial charge is 0.355 e. The molecule has 2 amide bonds. The molecule has 0 fully saturated rings. The van der Waals surface area contributed by atoms with E-state index in [2.05, 4.69) is 33.8 Å². The lowest BCUT2D eigenvalue weighted by Crippen LogP contribution is -2.51. The lowest BCUT2D eigenvalue weighted by Gasteiger charge is -2.46. The molecule has 1 unspecified atom stereocenters. The monoisotopic (exact) mass is 416 g/mol. The maximum atomic E-state index is 13.3. The Bertz CT molecular complexity index is 1170. The van der Waals surface area contributed by atoms with Gasteiger partial charge in [0.25, 0.3) is 5.91 Å². The van der Waals surface area contributed by atoms with Crippen molar-refractivity contribution in [2.75, 3.05) is 25.0 Å². The van der Waals surface area contributed by atoms with Crippen molar-refractivity contribution in [2.24, 2.45) is 0 Å². The van der Waals surface area contributed by atoms with Crippen LogP contribution in [0.5, 0.6) is 0 Å². The van der Waals surface area contributed by atoms with Gasteiger partial charge < -0.3 is 19.7 Å². The van der Waals surface area contributed by atoms with Gasteiger partial charge in [0.1, 0.15) is 12.7 Å². The van der Waals surface area contributed by atoms with Gasteiger partial charge in [-0.05, 0) is 36.6 Å². The number of carbonyl (C=O) groups is 2. The summed E-state index contributed by atoms with van der Waals surface area (Å²) in [6.45, 7) is 3.74. The van der Waals surface area contributed by atoms with Crippen molar-refractivity contribution < 1.29 is 9.59 Å². The fourth-order valence-corrected chi connectivity index (χ4v) is 5.08. The number of benzene rings is 2. The van der Waals surface area contributed by atoms with Crippen LogP contribution in [-0.4, -0.2) is 41.4 Å². The molecule has 31 heavy (non-hydrogen) atoms. The Labute approximate surface area is 182 Å². The van der Waals surface area contributed by atoms with Crippen molar-refractivity contribution in [2.45, 2.75) is 38.9 Å². The normalized spacial score (nSPS) is 17.4. The van der Waals surface area contributed by atoms with Crippen LogP contribution in [0.1, 0.15) is 47.5 Å². The first kappa shape index (κ1) is 19.7. The van der Waals surface area contributed by atoms with Gasteiger partial charge in [-0.3, -0.25) is 9.59 Å². The zero-order chi connectivity index (χ0) is 21.5. The van der Waals surface area contributed by atoms with Crippen LogP contribution in [0.15, 0.2) is 48.5 Å². The molecule has 3 heterocycles. The average Bonchev–Trinajstić information content (AvgIpc) is 3.11. The minimum atomic E-state index is -0.220. The quantitative estimate of drug-likeness (QED) is 0.645. The van der Waals surface area contributed by atoms with E-state index in [0.717, 1.165) is 41.7 Å². The fraction of sp³-hybridized carbons (Fsp3) is 0.360. The topological polar surface area (TPSA) is 57.6 Å². The van der Waals surface area contributed by atoms with Crippen LogP contribution in [0.4, 0.5) is 5.69 Å². The number of para-hydroxylation sites is 2. The standard InChI is InChI=1S/C25H28N4O2/c1-3-4-14-26-22(30)16-29-21-12-8-5-9-17(21)18-13-15-28-24(23(18)29)27(2)20-11-7-6-10-19(20)25(28)31/h5-12,24H,3-4,13-16H2,1-2H3,(H,26,30). The Morgan fingerprint density at radius 3 is 2.74 bits per heavy atom. The average molecular weight is 417 g/mol. The number of hydrogen-bond donors (Lipinski definition) is 1. The molecule has 0 aliphatic carbocycles. The van der Waals surface area contributed by atoms with E-state index in [-0.39, 0.29) is 24.5 Å². The lowest BCUT2D eigenvalue weighted by atomic mass is 9.96. The zero-order valence-electron chi connectivity index (χ0n) is 18.1. The van der Waals surface area contributed by atoms with Crippen molar-refractivity contribution in [3.8, 4) is 0 Å². The van der Waals surface area contributed by atoms with Gasteiger partial charge in [-0.25, -0.2) is 0 Å². The Morgan fingerprint density at radius 1 is 1.13 bits per heavy atom. The number of rotatable bonds is 5. The van der Waals surface area contributed by atoms with Gasteiger partial charge in [-0.15, -0.1) is 0 Å². The summed E-state index contributed by atoms with van der Waals surface area (Å²) in [7, 11) is 2.04. The molecular weight excluding hydrogens is 388 g/mol. The number of anilines is 1. The Hall–Kier alpha value is -3.28. The van der Waals surface area contributed by atoms with Gasteiger partial charge >= 0.3 is 0 Å². The second-order valence-electron chi connectivity index (χ2n) is 8.42. The number of nitrogens with zero attached hydrogens (tertiary/aromatic N) is 3. The summed E-state index contributed by atoms with van der Waals surface area (Å²) < 4.78 is 2.13. The summed E-state index contributed by atoms with van der Waals surface area (Å²) in [4.78, 5) is 30.3. The third kappa shape index (κ3) is 3.09. The molecule has 1 N–H and O–H groups in total. The molecule has 3 aromatic rings. The molecule has 0 radical (unpaired) electrons. The molecule has 0 spiro atoms. The van der Waals surface area contributed by atoms with Crippen LogP contribution < -0.4 is 10.2 Å². The van der Waals surface area contributed by atoms with Crippen molar-refractivity contribution >= 4 is 28.4 Å². The summed E-state index contributed by atoms with van der Waals surface area (Å²) in [6, 6.07) is 16.1. The van der Waals surface area contributed by atoms with E-state index >= 15 is 0 Å². The predicted molar refractivity (Wildman–Crippen MR) is 122 cm³/mol. The minimum Gasteiger partial charge on any atom is -0.355 e. The van der Waals surface area contributed by atoms with Crippen LogP contribution in [0.2, 0.25) is 0 Å². The molecule has 0 saturated carbocycles. The summed E-state index contributed by atoms with van der Waals surface area (Å²) in [5.41, 5.74) is 5.04. The third-order valence-corrected chi connectivity index (χ3v) is 6.56. The molecule has 2 aliphatic heterocycles. The van der Waals surface area contributed by atoms with Crippen molar-refractivity contribution in [3.63, 3.8) is 0 Å². The van der Waals surface area contributed by atoms with Gasteiger partial charge in [-0.2, -0.15) is 0 Å². The molecule has 6 heteroatoms. The van der Waals surface area contributed by atoms with Crippen molar-refractivity contribution in [1.82, 2.24) is 14.8 Å². The van der Waals surface area contributed by atoms with Crippen LogP contribution in [0, 0.1) is 0 Å². The Balaban J connectivity index is 1.63. The van der Waals surface area contributed by atoms with E-state index in [4.69, 9.17) is 0 Å². The van der Waals surface area contributed by atoms with E-state index in [1.165, 1.54) is 10.9 Å². The predicted octanol–water partition coefficient (Wildman–Crippen LogP) is 3.70. The molecule has 5 rings (SSSR count). The van der Waals surface area contributed by atoms with Gasteiger partial charge in [0.2, 0.25) is 5.91 Å². The summed E-state index contributed by atoms with van der Waals surface area (Å²) >= 11 is 0. The SMILES string of the molecule is CCCCNC(=O)Cn1c2c(c3ccccc31)CCN1C(=O)c3ccccc3N(C)C21. The Kier molecular flexibility index (Phi) is 4.93. The van der Waals surface area contributed by atoms with Crippen LogP contribution in [-0.2, 0) is 17.8 Å². The van der Waals surface area contributed by atoms with Crippen LogP contribution in [0.25, 0.3) is 10.9 Å². The number of nitrogens with one attached hydrogen (secondary N) is 1. The zero-order valence-corrected chi connectivity index (χ0v) is 18.1. The number of unbranched alkanes of at least 4 members (excludes halogenated alkanes) is 1. The second-order valence-corrected chi connectivity index (χ2v) is 8.42. The van der Waals surface area contributed by atoms with Crippen LogP contribution in [0.3, 0.4) is 0 Å². The Morgan fingerprint density at radius 2 is 1.90 bits per heavy atom. The highest BCUT2D eigenvalue weighted by molar-refractivity contribution is 6.02. The van der Waals surface area contributed by atoms with Crippen molar-refractivity contribution in [3.05, 3.63) is 65.4 Å². The minimum absolute atomic E-state index is 0.0133. The van der Waals surface area contributed by atoms with Gasteiger partial charge in [0.05, 0.1) is 16.9 Å². The van der Waals surface area contributed by atoms with Crippen LogP contribution >= 0.6 is 0 Å². The summed E-state index contributed by atoms with van der Waals surface area (Å²) in [5, 5.41) is 4.23. The molecule has 2 aliphatic rings. The fourth-order valence-electron chi connectivity index (χ4n) is 5.08. The molecule has 0 bridgehead atoms. The highest BCUT2D eigenvalue weighted by Gasteiger charge is 2.42. The molecular formula is C25H28N4O2. The van der Waals surface area contributed by atoms with E-state index in [1.807, 2.05) is 48.3 Å². The number of fused-ring (bicyclic) bond motifs is 6. The third-order valence-electron chi connectivity index (χ3n) is 6.56. The highest BCUT2D eigenvalue weighted by atomic mass is 16.2. The van der Waals surface area contributed by atoms with Gasteiger partial charge in [-0.1, -0.05) is 43.7 Å². The second kappa shape index (κ2) is 7.76. The summed E-state index contributed by atoms with van der Waals surface area (Å²) in [5.74, 6) is 0.0767. The first-order valence-electron chi connectivity index (χ1n) is 11.1. The molecule has 1 atom stereocenters. The molecule has 6 nitrogen and oxygen atoms in total. The summed E-state index contributed by atoms with van der Waals surface area (Å²) in [6.07, 6.45) is 2.59. The number of hydrogen-bond acceptors (Lipinski definition) is 3. The van der Waals surface area contributed by atoms with Gasteiger partial charge in [0, 0.05) is 31.0 Å². The maximum Gasteiger partial charge on any atom is 0.257 e. The highest BCUT2D eigenvalue weighted by Crippen LogP contribution is 2.44. The lowest BCUT2D eigenvalue weighted by molar-refractivity contribution is -0.121. The smallest absolute Gasteiger partial charge is 0.257 e. The molecule has 160 valence electrons. The van der Waals surface area contributed by atoms with Gasteiger partial charge in [0.15, 0.2) is 0 Å². The number of carbonyl (C=O) groups excluding carboxylic acids is 2. The molecule has 0 saturated heterocycles. The molecule has 1 aromatic heterocycles. The van der Waals surface area contributed by atoms with E-state index < -0.39 is 0 Å². The first-order chi connectivity index (χ1) is 15.1. The first-order valence-corrected chi connectivity index (χ1v) is 11.1. The van der Waals surface area contributed by atoms with E-state index in [1.54, 1.807) is 0 Å². The number of amides is 2. The maximum absolute atomic E-state index is 13.3. The number of aromatic nitrogens is 1. The van der Waals surface area contributed by atoms with Crippen molar-refractivity contribution in [1.29, 1.82) is 0 Å².